The highest BCUT2D eigenvalue weighted by molar-refractivity contribution is 7.80. The van der Waals surface area contributed by atoms with Crippen molar-refractivity contribution in [2.45, 2.75) is 20.8 Å². The molecule has 0 nitrogen and oxygen atoms in total. The van der Waals surface area contributed by atoms with Crippen LogP contribution in [0.15, 0.2) is 126 Å². The molecule has 5 rings (SSSR count). The molecule has 0 radical (unpaired) electrons. The van der Waals surface area contributed by atoms with Crippen molar-refractivity contribution in [3.05, 3.63) is 132 Å². The van der Waals surface area contributed by atoms with Crippen molar-refractivity contribution in [2.75, 3.05) is 0 Å². The quantitative estimate of drug-likeness (QED) is 0.280. The Morgan fingerprint density at radius 3 is 1.67 bits per heavy atom. The van der Waals surface area contributed by atoms with Gasteiger partial charge in [0.05, 0.1) is 0 Å². The van der Waals surface area contributed by atoms with Crippen LogP contribution in [0.25, 0.3) is 16.7 Å². The van der Waals surface area contributed by atoms with E-state index in [1.807, 2.05) is 0 Å². The van der Waals surface area contributed by atoms with Gasteiger partial charge in [-0.05, 0) is 71.6 Å². The number of benzene rings is 4. The second-order valence-electron chi connectivity index (χ2n) is 8.78. The maximum absolute atomic E-state index is 2.46. The van der Waals surface area contributed by atoms with E-state index in [4.69, 9.17) is 0 Å². The molecule has 0 fully saturated rings. The third-order valence-electron chi connectivity index (χ3n) is 6.62. The fourth-order valence-electron chi connectivity index (χ4n) is 4.92. The molecule has 0 aliphatic heterocycles. The average molecular weight is 445 g/mol. The van der Waals surface area contributed by atoms with Crippen LogP contribution in [0.1, 0.15) is 26.3 Å². The highest BCUT2D eigenvalue weighted by Crippen LogP contribution is 2.43. The fourth-order valence-corrected chi connectivity index (χ4v) is 7.42. The Kier molecular flexibility index (Phi) is 6.12. The summed E-state index contributed by atoms with van der Waals surface area (Å²) in [6.07, 6.45) is 2.41. The molecule has 0 heterocycles. The Bertz CT molecular complexity index is 1280. The van der Waals surface area contributed by atoms with E-state index >= 15 is 0 Å². The minimum absolute atomic E-state index is 0.426. The van der Waals surface area contributed by atoms with Gasteiger partial charge in [0.25, 0.3) is 0 Å². The van der Waals surface area contributed by atoms with Gasteiger partial charge in [-0.1, -0.05) is 122 Å². The van der Waals surface area contributed by atoms with E-state index < -0.39 is 7.92 Å². The van der Waals surface area contributed by atoms with E-state index in [0.717, 1.165) is 0 Å². The molecule has 0 bridgehead atoms. The van der Waals surface area contributed by atoms with Crippen LogP contribution in [0.2, 0.25) is 0 Å². The predicted octanol–water partition coefficient (Wildman–Crippen LogP) is 7.48. The highest BCUT2D eigenvalue weighted by Gasteiger charge is 2.26. The topological polar surface area (TPSA) is 0 Å². The lowest BCUT2D eigenvalue weighted by molar-refractivity contribution is 0.977. The number of rotatable bonds is 5. The summed E-state index contributed by atoms with van der Waals surface area (Å²) >= 11 is 0. The Balaban J connectivity index is 1.79. The first-order valence-corrected chi connectivity index (χ1v) is 13.0. The molecule has 1 aliphatic carbocycles. The number of allylic oxidation sites excluding steroid dienone is 4. The molecule has 0 saturated carbocycles. The van der Waals surface area contributed by atoms with E-state index in [1.165, 1.54) is 49.3 Å². The monoisotopic (exact) mass is 444 g/mol. The third kappa shape index (κ3) is 4.24. The second kappa shape index (κ2) is 9.34. The van der Waals surface area contributed by atoms with E-state index in [9.17, 15) is 0 Å². The molecule has 4 aromatic rings. The molecule has 1 aliphatic rings. The van der Waals surface area contributed by atoms with Crippen molar-refractivity contribution < 1.29 is 0 Å². The van der Waals surface area contributed by atoms with Crippen molar-refractivity contribution in [1.29, 1.82) is 0 Å². The lowest BCUT2D eigenvalue weighted by atomic mass is 9.92. The van der Waals surface area contributed by atoms with E-state index in [0.29, 0.717) is 5.92 Å². The van der Waals surface area contributed by atoms with Crippen LogP contribution < -0.4 is 15.9 Å². The summed E-state index contributed by atoms with van der Waals surface area (Å²) in [5, 5.41) is 4.21. The molecule has 4 aromatic carbocycles. The van der Waals surface area contributed by atoms with Gasteiger partial charge in [0, 0.05) is 5.92 Å². The lowest BCUT2D eigenvalue weighted by Gasteiger charge is -2.25. The Morgan fingerprint density at radius 1 is 0.606 bits per heavy atom. The molecule has 33 heavy (non-hydrogen) atoms. The summed E-state index contributed by atoms with van der Waals surface area (Å²) in [5.74, 6) is 0.426. The standard InChI is InChI=1S/C32H29P/c1-23-21-24(2)32(25(23)3)30-20-19-27(26-13-7-4-8-14-26)22-31(30)33(28-15-9-5-10-16-28)29-17-11-6-12-18-29/h4-22,24H,1-3H3. The van der Waals surface area contributed by atoms with Gasteiger partial charge in [-0.15, -0.1) is 0 Å². The molecule has 162 valence electrons. The van der Waals surface area contributed by atoms with Crippen LogP contribution in [-0.4, -0.2) is 0 Å². The highest BCUT2D eigenvalue weighted by atomic mass is 31.1. The lowest BCUT2D eigenvalue weighted by Crippen LogP contribution is -2.24. The molecule has 1 heteroatoms. The molecule has 0 N–H and O–H groups in total. The van der Waals surface area contributed by atoms with E-state index in [2.05, 4.69) is 136 Å². The number of hydrogen-bond acceptors (Lipinski definition) is 0. The van der Waals surface area contributed by atoms with Crippen LogP contribution in [0.3, 0.4) is 0 Å². The van der Waals surface area contributed by atoms with Crippen molar-refractivity contribution in [3.63, 3.8) is 0 Å². The molecule has 0 spiro atoms. The first kappa shape index (κ1) is 21.6. The van der Waals surface area contributed by atoms with E-state index in [-0.39, 0.29) is 0 Å². The predicted molar refractivity (Wildman–Crippen MR) is 146 cm³/mol. The van der Waals surface area contributed by atoms with Gasteiger partial charge in [-0.25, -0.2) is 0 Å². The maximum atomic E-state index is 2.46. The fraction of sp³-hybridized carbons (Fsp3) is 0.125. The Morgan fingerprint density at radius 2 is 1.15 bits per heavy atom. The van der Waals surface area contributed by atoms with Crippen molar-refractivity contribution in [3.8, 4) is 11.1 Å². The van der Waals surface area contributed by atoms with Crippen LogP contribution in [0.5, 0.6) is 0 Å². The zero-order valence-electron chi connectivity index (χ0n) is 19.5. The first-order chi connectivity index (χ1) is 16.1. The van der Waals surface area contributed by atoms with Crippen molar-refractivity contribution >= 4 is 29.4 Å². The largest absolute Gasteiger partial charge is 0.0740 e. The van der Waals surface area contributed by atoms with Gasteiger partial charge >= 0.3 is 0 Å². The Hall–Kier alpha value is -3.21. The molecular formula is C32H29P. The normalized spacial score (nSPS) is 15.8. The summed E-state index contributed by atoms with van der Waals surface area (Å²) in [5.41, 5.74) is 8.24. The average Bonchev–Trinajstić information content (AvgIpc) is 3.12. The first-order valence-electron chi connectivity index (χ1n) is 11.6. The van der Waals surface area contributed by atoms with Gasteiger partial charge in [0.1, 0.15) is 0 Å². The SMILES string of the molecule is CC1=CC(C)C(c2ccc(-c3ccccc3)cc2P(c2ccccc2)c2ccccc2)=C1C. The van der Waals surface area contributed by atoms with Gasteiger partial charge in [0.15, 0.2) is 0 Å². The number of hydrogen-bond donors (Lipinski definition) is 0. The minimum Gasteiger partial charge on any atom is -0.0740 e. The van der Waals surface area contributed by atoms with Crippen molar-refractivity contribution in [2.24, 2.45) is 5.92 Å². The summed E-state index contributed by atoms with van der Waals surface area (Å²) in [6.45, 7) is 6.86. The van der Waals surface area contributed by atoms with Crippen LogP contribution in [-0.2, 0) is 0 Å². The Labute approximate surface area is 199 Å². The molecule has 1 atom stereocenters. The summed E-state index contributed by atoms with van der Waals surface area (Å²) in [6, 6.07) is 40.0. The summed E-state index contributed by atoms with van der Waals surface area (Å²) in [4.78, 5) is 0. The molecule has 0 saturated heterocycles. The third-order valence-corrected chi connectivity index (χ3v) is 9.10. The molecule has 1 unspecified atom stereocenters. The molecule has 0 amide bonds. The van der Waals surface area contributed by atoms with Gasteiger partial charge in [0.2, 0.25) is 0 Å². The van der Waals surface area contributed by atoms with Gasteiger partial charge in [-0.3, -0.25) is 0 Å². The van der Waals surface area contributed by atoms with Crippen molar-refractivity contribution in [1.82, 2.24) is 0 Å². The summed E-state index contributed by atoms with van der Waals surface area (Å²) < 4.78 is 0. The molecule has 0 aromatic heterocycles. The van der Waals surface area contributed by atoms with Gasteiger partial charge in [-0.2, -0.15) is 0 Å². The van der Waals surface area contributed by atoms with Crippen LogP contribution in [0, 0.1) is 5.92 Å². The minimum atomic E-state index is -0.699. The van der Waals surface area contributed by atoms with Crippen LogP contribution >= 0.6 is 7.92 Å². The molecular weight excluding hydrogens is 415 g/mol. The second-order valence-corrected chi connectivity index (χ2v) is 11.0. The van der Waals surface area contributed by atoms with Crippen LogP contribution in [0.4, 0.5) is 0 Å². The summed E-state index contributed by atoms with van der Waals surface area (Å²) in [7, 11) is -0.699. The van der Waals surface area contributed by atoms with E-state index in [1.54, 1.807) is 0 Å². The maximum Gasteiger partial charge on any atom is 0.000427 e. The zero-order chi connectivity index (χ0) is 22.8. The van der Waals surface area contributed by atoms with Gasteiger partial charge < -0.3 is 0 Å². The smallest absolute Gasteiger partial charge is 0.000427 e. The zero-order valence-corrected chi connectivity index (χ0v) is 20.4.